The van der Waals surface area contributed by atoms with Crippen molar-refractivity contribution in [3.05, 3.63) is 132 Å². The van der Waals surface area contributed by atoms with Gasteiger partial charge in [-0.25, -0.2) is 26.8 Å². The van der Waals surface area contributed by atoms with Gasteiger partial charge >= 0.3 is 0 Å². The highest BCUT2D eigenvalue weighted by atomic mass is 35.5. The van der Waals surface area contributed by atoms with Gasteiger partial charge < -0.3 is 14.9 Å². The second-order valence-electron chi connectivity index (χ2n) is 12.9. The lowest BCUT2D eigenvalue weighted by Crippen LogP contribution is -2.55. The van der Waals surface area contributed by atoms with Gasteiger partial charge in [-0.2, -0.15) is 0 Å². The van der Waals surface area contributed by atoms with Crippen molar-refractivity contribution in [1.29, 1.82) is 0 Å². The first-order valence-corrected chi connectivity index (χ1v) is 20.6. The van der Waals surface area contributed by atoms with E-state index in [0.717, 1.165) is 5.69 Å². The van der Waals surface area contributed by atoms with Crippen LogP contribution < -0.4 is 10.2 Å². The molecule has 1 aliphatic heterocycles. The molecule has 1 amide bonds. The smallest absolute Gasteiger partial charge is 0.240 e. The van der Waals surface area contributed by atoms with Gasteiger partial charge in [0.15, 0.2) is 19.9 Å². The van der Waals surface area contributed by atoms with E-state index in [1.165, 1.54) is 24.5 Å². The van der Waals surface area contributed by atoms with Crippen molar-refractivity contribution in [3.8, 4) is 5.75 Å². The molecule has 3 heterocycles. The molecule has 272 valence electrons. The molecule has 11 nitrogen and oxygen atoms in total. The molecular formula is C39H36ClN5O6S2. The number of nitrogens with one attached hydrogen (secondary N) is 1. The predicted octanol–water partition coefficient (Wildman–Crippen LogP) is 5.40. The van der Waals surface area contributed by atoms with Gasteiger partial charge in [-0.3, -0.25) is 10.1 Å². The fraction of sp³-hybridized carbons (Fsp3) is 0.205. The molecule has 1 saturated heterocycles. The maximum absolute atomic E-state index is 14.3. The number of carbonyl (C=O) groups is 1. The molecule has 0 spiro atoms. The zero-order valence-corrected chi connectivity index (χ0v) is 30.9. The summed E-state index contributed by atoms with van der Waals surface area (Å²) in [6.45, 7) is 1.70. The van der Waals surface area contributed by atoms with Crippen LogP contribution in [0.15, 0.2) is 126 Å². The van der Waals surface area contributed by atoms with Crippen molar-refractivity contribution >= 4 is 64.4 Å². The highest BCUT2D eigenvalue weighted by molar-refractivity contribution is 7.91. The number of phenolic OH excluding ortho intramolecular Hbond substituents is 1. The van der Waals surface area contributed by atoms with Crippen LogP contribution in [0, 0.1) is 0 Å². The Balaban J connectivity index is 1.18. The average Bonchev–Trinajstić information content (AvgIpc) is 3.16. The minimum absolute atomic E-state index is 0.0594. The molecule has 6 aromatic rings. The summed E-state index contributed by atoms with van der Waals surface area (Å²) in [5.74, 6) is -1.60. The Bertz CT molecular complexity index is 2530. The quantitative estimate of drug-likeness (QED) is 0.176. The average molecular weight is 770 g/mol. The van der Waals surface area contributed by atoms with Gasteiger partial charge in [-0.1, -0.05) is 78.3 Å². The monoisotopic (exact) mass is 769 g/mol. The van der Waals surface area contributed by atoms with Crippen molar-refractivity contribution < 1.29 is 26.7 Å². The van der Waals surface area contributed by atoms with Crippen molar-refractivity contribution in [3.63, 3.8) is 0 Å². The molecule has 2 aromatic heterocycles. The van der Waals surface area contributed by atoms with Gasteiger partial charge in [0.05, 0.1) is 22.5 Å². The summed E-state index contributed by atoms with van der Waals surface area (Å²) in [4.78, 5) is 26.5. The fourth-order valence-electron chi connectivity index (χ4n) is 6.74. The lowest BCUT2D eigenvalue weighted by molar-refractivity contribution is -0.133. The molecule has 0 bridgehead atoms. The number of sulfone groups is 2. The van der Waals surface area contributed by atoms with Crippen molar-refractivity contribution in [1.82, 2.24) is 20.2 Å². The van der Waals surface area contributed by atoms with Crippen LogP contribution in [0.25, 0.3) is 21.5 Å². The second kappa shape index (κ2) is 15.1. The third-order valence-corrected chi connectivity index (χ3v) is 12.8. The number of phenols is 1. The first kappa shape index (κ1) is 36.3. The largest absolute Gasteiger partial charge is 0.508 e. The van der Waals surface area contributed by atoms with Crippen LogP contribution in [-0.2, 0) is 36.6 Å². The zero-order valence-electron chi connectivity index (χ0n) is 28.5. The lowest BCUT2D eigenvalue weighted by Gasteiger charge is -2.38. The fourth-order valence-corrected chi connectivity index (χ4v) is 9.85. The topological polar surface area (TPSA) is 150 Å². The van der Waals surface area contributed by atoms with Crippen molar-refractivity contribution in [2.45, 2.75) is 28.3 Å². The molecule has 2 N–H and O–H groups in total. The number of hydrogen-bond acceptors (Lipinski definition) is 10. The number of hydrogen-bond donors (Lipinski definition) is 2. The van der Waals surface area contributed by atoms with E-state index in [2.05, 4.69) is 20.2 Å². The number of amides is 1. The van der Waals surface area contributed by atoms with E-state index in [1.54, 1.807) is 59.5 Å². The van der Waals surface area contributed by atoms with Crippen LogP contribution in [0.3, 0.4) is 0 Å². The van der Waals surface area contributed by atoms with Crippen LogP contribution in [-0.4, -0.2) is 80.8 Å². The number of fused-ring (bicyclic) bond motifs is 2. The number of aromatic nitrogens is 2. The molecule has 0 aliphatic carbocycles. The maximum Gasteiger partial charge on any atom is 0.240 e. The van der Waals surface area contributed by atoms with E-state index in [4.69, 9.17) is 11.6 Å². The number of pyridine rings is 2. The molecule has 1 fully saturated rings. The highest BCUT2D eigenvalue weighted by Gasteiger charge is 2.32. The van der Waals surface area contributed by atoms with Gasteiger partial charge in [0.2, 0.25) is 15.7 Å². The number of piperazine rings is 1. The number of benzene rings is 4. The van der Waals surface area contributed by atoms with Crippen LogP contribution in [0.5, 0.6) is 5.75 Å². The third kappa shape index (κ3) is 7.84. The van der Waals surface area contributed by atoms with Gasteiger partial charge in [0, 0.05) is 49.3 Å². The van der Waals surface area contributed by atoms with E-state index >= 15 is 0 Å². The SMILES string of the molecule is O=C(C(Cc1ccc(O)cc1CS(=O)(=O)c1nccc2ccccc12)NCS(=O)(=O)c1nccc2ccccc12)N1CCN(c2ccccc2Cl)CC1. The molecule has 1 aliphatic rings. The summed E-state index contributed by atoms with van der Waals surface area (Å²) in [6, 6.07) is 28.3. The minimum atomic E-state index is -4.05. The number of carbonyl (C=O) groups excluding carboxylic acids is 1. The normalized spacial score (nSPS) is 14.4. The Kier molecular flexibility index (Phi) is 10.3. The Labute approximate surface area is 312 Å². The predicted molar refractivity (Wildman–Crippen MR) is 205 cm³/mol. The van der Waals surface area contributed by atoms with E-state index in [0.29, 0.717) is 58.3 Å². The zero-order chi connectivity index (χ0) is 37.2. The number of para-hydroxylation sites is 1. The standard InChI is InChI=1S/C39H36ClN5O6S2/c40-34-11-5-6-12-36(34)44-19-21-45(22-20-44)39(47)35(43-26-53(50,51)38-33-10-4-2-8-28(33)16-18-42-38)24-29-13-14-31(46)23-30(29)25-52(48,49)37-32-9-3-1-7-27(32)15-17-41-37/h1-18,23,35,43,46H,19-22,24-26H2. The van der Waals surface area contributed by atoms with Gasteiger partial charge in [0.1, 0.15) is 11.6 Å². The highest BCUT2D eigenvalue weighted by Crippen LogP contribution is 2.29. The van der Waals surface area contributed by atoms with Crippen molar-refractivity contribution in [2.75, 3.05) is 37.0 Å². The molecule has 0 saturated carbocycles. The third-order valence-electron chi connectivity index (χ3n) is 9.43. The number of aromatic hydroxyl groups is 1. The number of anilines is 1. The Morgan fingerprint density at radius 2 is 1.32 bits per heavy atom. The van der Waals surface area contributed by atoms with Crippen LogP contribution >= 0.6 is 11.6 Å². The minimum Gasteiger partial charge on any atom is -0.508 e. The van der Waals surface area contributed by atoms with E-state index in [-0.39, 0.29) is 33.7 Å². The summed E-state index contributed by atoms with van der Waals surface area (Å²) in [6.07, 6.45) is 2.81. The summed E-state index contributed by atoms with van der Waals surface area (Å²) in [5.41, 5.74) is 1.58. The molecule has 1 unspecified atom stereocenters. The molecule has 7 rings (SSSR count). The maximum atomic E-state index is 14.3. The Hall–Kier alpha value is -5.08. The molecule has 1 atom stereocenters. The molecule has 0 radical (unpaired) electrons. The first-order valence-electron chi connectivity index (χ1n) is 17.0. The van der Waals surface area contributed by atoms with Crippen molar-refractivity contribution in [2.24, 2.45) is 0 Å². The molecule has 53 heavy (non-hydrogen) atoms. The van der Waals surface area contributed by atoms with Crippen LogP contribution in [0.2, 0.25) is 5.02 Å². The first-order chi connectivity index (χ1) is 25.5. The van der Waals surface area contributed by atoms with Gasteiger partial charge in [-0.15, -0.1) is 0 Å². The summed E-state index contributed by atoms with van der Waals surface area (Å²) in [5, 5.41) is 16.2. The Morgan fingerprint density at radius 3 is 1.96 bits per heavy atom. The van der Waals surface area contributed by atoms with E-state index < -0.39 is 37.3 Å². The summed E-state index contributed by atoms with van der Waals surface area (Å²) < 4.78 is 55.4. The van der Waals surface area contributed by atoms with E-state index in [9.17, 15) is 26.7 Å². The molecule has 4 aromatic carbocycles. The molecule has 14 heteroatoms. The lowest BCUT2D eigenvalue weighted by atomic mass is 9.99. The second-order valence-corrected chi connectivity index (χ2v) is 17.1. The number of nitrogens with zero attached hydrogens (tertiary/aromatic N) is 4. The summed E-state index contributed by atoms with van der Waals surface area (Å²) in [7, 11) is -8.09. The molecular weight excluding hydrogens is 734 g/mol. The van der Waals surface area contributed by atoms with Crippen LogP contribution in [0.4, 0.5) is 5.69 Å². The number of halogens is 1. The van der Waals surface area contributed by atoms with Gasteiger partial charge in [0.25, 0.3) is 0 Å². The van der Waals surface area contributed by atoms with Gasteiger partial charge in [-0.05, 0) is 64.7 Å². The Morgan fingerprint density at radius 1 is 0.736 bits per heavy atom. The van der Waals surface area contributed by atoms with E-state index in [1.807, 2.05) is 36.4 Å². The number of rotatable bonds is 11. The van der Waals surface area contributed by atoms with Crippen LogP contribution in [0.1, 0.15) is 11.1 Å². The summed E-state index contributed by atoms with van der Waals surface area (Å²) >= 11 is 6.45.